The van der Waals surface area contributed by atoms with E-state index in [1.165, 1.54) is 23.5 Å². The van der Waals surface area contributed by atoms with Crippen LogP contribution in [0.15, 0.2) is 11.5 Å². The van der Waals surface area contributed by atoms with Gasteiger partial charge in [0.2, 0.25) is 5.91 Å². The van der Waals surface area contributed by atoms with Gasteiger partial charge in [-0.2, -0.15) is 0 Å². The molecule has 0 fully saturated rings. The van der Waals surface area contributed by atoms with Gasteiger partial charge in [-0.3, -0.25) is 4.79 Å². The minimum atomic E-state index is -1.97. The van der Waals surface area contributed by atoms with Crippen LogP contribution in [0.3, 0.4) is 0 Å². The van der Waals surface area contributed by atoms with E-state index in [1.54, 1.807) is 5.38 Å². The number of rotatable bonds is 5. The van der Waals surface area contributed by atoms with E-state index in [0.29, 0.717) is 5.69 Å². The second-order valence-electron chi connectivity index (χ2n) is 3.92. The normalized spacial score (nSPS) is 14.4. The van der Waals surface area contributed by atoms with Crippen LogP contribution in [0.2, 0.25) is 0 Å². The maximum atomic E-state index is 11.4. The molecule has 1 unspecified atom stereocenters. The van der Waals surface area contributed by atoms with E-state index >= 15 is 0 Å². The van der Waals surface area contributed by atoms with Crippen LogP contribution in [0.1, 0.15) is 17.6 Å². The number of nitrogens with zero attached hydrogens (tertiary/aromatic N) is 1. The Kier molecular flexibility index (Phi) is 4.57. The number of amides is 1. The highest BCUT2D eigenvalue weighted by molar-refractivity contribution is 7.09. The van der Waals surface area contributed by atoms with Crippen molar-refractivity contribution in [3.05, 3.63) is 22.2 Å². The Hall–Kier alpha value is -1.73. The van der Waals surface area contributed by atoms with Crippen LogP contribution >= 0.6 is 11.3 Å². The molecule has 1 amide bonds. The number of aromatic nitrogens is 1. The molecule has 18 heavy (non-hydrogen) atoms. The summed E-state index contributed by atoms with van der Waals surface area (Å²) < 4.78 is 0. The van der Waals surface area contributed by atoms with Gasteiger partial charge in [0.1, 0.15) is 0 Å². The summed E-state index contributed by atoms with van der Waals surface area (Å²) in [5.74, 6) is -1.87. The Morgan fingerprint density at radius 2 is 2.28 bits per heavy atom. The smallest absolute Gasteiger partial charge is 0.337 e. The third-order valence-electron chi connectivity index (χ3n) is 2.11. The lowest BCUT2D eigenvalue weighted by molar-refractivity contribution is -0.156. The molecule has 0 aliphatic heterocycles. The summed E-state index contributed by atoms with van der Waals surface area (Å²) in [7, 11) is 0. The fraction of sp³-hybridized carbons (Fsp3) is 0.364. The van der Waals surface area contributed by atoms with E-state index in [4.69, 9.17) is 5.11 Å². The highest BCUT2D eigenvalue weighted by Gasteiger charge is 2.29. The molecule has 0 aromatic carbocycles. The SMILES string of the molecule is Cc1nc(C=CC(=O)NCC(C)(O)C(=O)O)cs1. The molecule has 98 valence electrons. The predicted molar refractivity (Wildman–Crippen MR) is 67.2 cm³/mol. The van der Waals surface area contributed by atoms with Gasteiger partial charge < -0.3 is 15.5 Å². The lowest BCUT2D eigenvalue weighted by Gasteiger charge is -2.17. The first-order chi connectivity index (χ1) is 8.31. The van der Waals surface area contributed by atoms with Crippen LogP contribution in [0, 0.1) is 6.92 Å². The fourth-order valence-corrected chi connectivity index (χ4v) is 1.59. The van der Waals surface area contributed by atoms with E-state index in [-0.39, 0.29) is 6.54 Å². The van der Waals surface area contributed by atoms with Gasteiger partial charge in [-0.15, -0.1) is 11.3 Å². The molecule has 0 saturated carbocycles. The molecule has 1 aromatic rings. The van der Waals surface area contributed by atoms with Gasteiger partial charge >= 0.3 is 5.97 Å². The van der Waals surface area contributed by atoms with Crippen molar-refractivity contribution in [2.24, 2.45) is 0 Å². The quantitative estimate of drug-likeness (QED) is 0.673. The number of aryl methyl sites for hydroxylation is 1. The molecule has 1 atom stereocenters. The van der Waals surface area contributed by atoms with E-state index in [1.807, 2.05) is 6.92 Å². The van der Waals surface area contributed by atoms with Crippen LogP contribution in [-0.4, -0.2) is 39.2 Å². The number of aliphatic hydroxyl groups is 1. The van der Waals surface area contributed by atoms with Crippen molar-refractivity contribution in [3.63, 3.8) is 0 Å². The summed E-state index contributed by atoms with van der Waals surface area (Å²) in [5.41, 5.74) is -1.31. The molecule has 0 spiro atoms. The van der Waals surface area contributed by atoms with E-state index in [9.17, 15) is 14.7 Å². The topological polar surface area (TPSA) is 99.5 Å². The molecule has 0 bridgehead atoms. The molecule has 1 aromatic heterocycles. The van der Waals surface area contributed by atoms with Gasteiger partial charge in [-0.25, -0.2) is 9.78 Å². The van der Waals surface area contributed by atoms with Crippen LogP contribution in [0.5, 0.6) is 0 Å². The average molecular weight is 270 g/mol. The first-order valence-corrected chi connectivity index (χ1v) is 6.03. The zero-order valence-electron chi connectivity index (χ0n) is 10.0. The Bertz CT molecular complexity index is 479. The van der Waals surface area contributed by atoms with Crippen molar-refractivity contribution >= 4 is 29.3 Å². The molecular formula is C11H14N2O4S. The second-order valence-corrected chi connectivity index (χ2v) is 4.98. The van der Waals surface area contributed by atoms with E-state index in [2.05, 4.69) is 10.3 Å². The number of carboxylic acid groups (broad SMARTS) is 1. The maximum Gasteiger partial charge on any atom is 0.337 e. The summed E-state index contributed by atoms with van der Waals surface area (Å²) >= 11 is 1.47. The molecule has 0 radical (unpaired) electrons. The van der Waals surface area contributed by atoms with Gasteiger partial charge in [-0.05, 0) is 19.9 Å². The lowest BCUT2D eigenvalue weighted by Crippen LogP contribution is -2.46. The van der Waals surface area contributed by atoms with Gasteiger partial charge in [0, 0.05) is 11.5 Å². The van der Waals surface area contributed by atoms with Crippen LogP contribution in [0.4, 0.5) is 0 Å². The summed E-state index contributed by atoms with van der Waals surface area (Å²) in [5, 5.41) is 23.0. The number of carbonyl (C=O) groups excluding carboxylic acids is 1. The number of nitrogens with one attached hydrogen (secondary N) is 1. The Morgan fingerprint density at radius 3 is 2.78 bits per heavy atom. The molecule has 0 saturated heterocycles. The molecular weight excluding hydrogens is 256 g/mol. The van der Waals surface area contributed by atoms with Crippen molar-refractivity contribution in [1.29, 1.82) is 0 Å². The highest BCUT2D eigenvalue weighted by atomic mass is 32.1. The van der Waals surface area contributed by atoms with Crippen LogP contribution < -0.4 is 5.32 Å². The van der Waals surface area contributed by atoms with Gasteiger partial charge in [0.25, 0.3) is 0 Å². The minimum Gasteiger partial charge on any atom is -0.479 e. The summed E-state index contributed by atoms with van der Waals surface area (Å²) in [6.07, 6.45) is 2.76. The van der Waals surface area contributed by atoms with Crippen molar-refractivity contribution in [1.82, 2.24) is 10.3 Å². The Labute approximate surface area is 108 Å². The molecule has 1 rings (SSSR count). The number of carboxylic acids is 1. The fourth-order valence-electron chi connectivity index (χ4n) is 1.01. The Balaban J connectivity index is 2.48. The number of carbonyl (C=O) groups is 2. The third-order valence-corrected chi connectivity index (χ3v) is 2.90. The standard InChI is InChI=1S/C11H14N2O4S/c1-7-13-8(5-18-7)3-4-9(14)12-6-11(2,17)10(15)16/h3-5,17H,6H2,1-2H3,(H,12,14)(H,15,16). The second kappa shape index (κ2) is 5.74. The molecule has 7 heteroatoms. The van der Waals surface area contributed by atoms with Gasteiger partial charge in [0.15, 0.2) is 5.60 Å². The summed E-state index contributed by atoms with van der Waals surface area (Å²) in [4.78, 5) is 26.1. The Morgan fingerprint density at radius 1 is 1.61 bits per heavy atom. The van der Waals surface area contributed by atoms with Crippen molar-refractivity contribution in [2.45, 2.75) is 19.4 Å². The molecule has 0 aliphatic rings. The van der Waals surface area contributed by atoms with Crippen LogP contribution in [0.25, 0.3) is 6.08 Å². The average Bonchev–Trinajstić information content (AvgIpc) is 2.69. The molecule has 6 nitrogen and oxygen atoms in total. The van der Waals surface area contributed by atoms with Crippen molar-refractivity contribution in [2.75, 3.05) is 6.54 Å². The molecule has 1 heterocycles. The summed E-state index contributed by atoms with van der Waals surface area (Å²) in [6, 6.07) is 0. The van der Waals surface area contributed by atoms with Crippen molar-refractivity contribution < 1.29 is 19.8 Å². The third kappa shape index (κ3) is 4.27. The number of aliphatic carboxylic acids is 1. The minimum absolute atomic E-state index is 0.360. The maximum absolute atomic E-state index is 11.4. The van der Waals surface area contributed by atoms with Gasteiger partial charge in [-0.1, -0.05) is 0 Å². The number of hydrogen-bond acceptors (Lipinski definition) is 5. The molecule has 0 aliphatic carbocycles. The number of hydrogen-bond donors (Lipinski definition) is 3. The zero-order chi connectivity index (χ0) is 13.8. The van der Waals surface area contributed by atoms with Gasteiger partial charge in [0.05, 0.1) is 17.2 Å². The summed E-state index contributed by atoms with van der Waals surface area (Å²) in [6.45, 7) is 2.61. The molecule has 3 N–H and O–H groups in total. The van der Waals surface area contributed by atoms with Crippen molar-refractivity contribution in [3.8, 4) is 0 Å². The van der Waals surface area contributed by atoms with E-state index in [0.717, 1.165) is 11.9 Å². The lowest BCUT2D eigenvalue weighted by atomic mass is 10.1. The first kappa shape index (κ1) is 14.3. The highest BCUT2D eigenvalue weighted by Crippen LogP contribution is 2.09. The monoisotopic (exact) mass is 270 g/mol. The largest absolute Gasteiger partial charge is 0.479 e. The number of thiazole rings is 1. The zero-order valence-corrected chi connectivity index (χ0v) is 10.8. The first-order valence-electron chi connectivity index (χ1n) is 5.15. The predicted octanol–water partition coefficient (Wildman–Crippen LogP) is 0.417. The van der Waals surface area contributed by atoms with E-state index < -0.39 is 17.5 Å². The van der Waals surface area contributed by atoms with Crippen LogP contribution in [-0.2, 0) is 9.59 Å².